The second kappa shape index (κ2) is 11.4. The number of carbonyl (C=O) groups is 1. The molecule has 31 heavy (non-hydrogen) atoms. The Hall–Kier alpha value is -2.25. The average molecular weight is 448 g/mol. The summed E-state index contributed by atoms with van der Waals surface area (Å²) < 4.78 is 12.9. The first-order valence-electron chi connectivity index (χ1n) is 10.9. The number of amides is 1. The predicted octanol–water partition coefficient (Wildman–Crippen LogP) is 4.04. The molecular weight excluding hydrogens is 417 g/mol. The minimum Gasteiger partial charge on any atom is -0.382 e. The van der Waals surface area contributed by atoms with Crippen molar-refractivity contribution in [2.24, 2.45) is 4.99 Å². The maximum atomic E-state index is 12.9. The molecule has 0 unspecified atom stereocenters. The number of nitrogens with one attached hydrogen (secondary N) is 1. The Morgan fingerprint density at radius 3 is 2.90 bits per heavy atom. The van der Waals surface area contributed by atoms with Crippen molar-refractivity contribution in [3.8, 4) is 0 Å². The van der Waals surface area contributed by atoms with Crippen molar-refractivity contribution >= 4 is 40.2 Å². The molecule has 1 aliphatic heterocycles. The number of nitrogens with zero attached hydrogens (tertiary/aromatic N) is 4. The molecule has 1 aliphatic rings. The molecule has 1 atom stereocenters. The van der Waals surface area contributed by atoms with Crippen LogP contribution in [0.5, 0.6) is 0 Å². The largest absolute Gasteiger partial charge is 0.382 e. The lowest BCUT2D eigenvalue weighted by Gasteiger charge is -2.35. The van der Waals surface area contributed by atoms with E-state index < -0.39 is 6.67 Å². The molecule has 8 heteroatoms. The topological polar surface area (TPSA) is 60.8 Å². The fourth-order valence-corrected chi connectivity index (χ4v) is 4.36. The number of halogens is 2. The molecule has 1 aromatic heterocycles. The number of pyridine rings is 1. The maximum Gasteiger partial charge on any atom is 0.237 e. The molecule has 0 radical (unpaired) electrons. The highest BCUT2D eigenvalue weighted by molar-refractivity contribution is 6.30. The van der Waals surface area contributed by atoms with Gasteiger partial charge in [0, 0.05) is 68.0 Å². The first-order chi connectivity index (χ1) is 15.0. The Labute approximate surface area is 188 Å². The van der Waals surface area contributed by atoms with Crippen molar-refractivity contribution in [1.82, 2.24) is 14.8 Å². The smallest absolute Gasteiger partial charge is 0.237 e. The summed E-state index contributed by atoms with van der Waals surface area (Å²) >= 11 is 6.09. The standard InChI is InChI=1S/C23H31ClFN5O/c1-3-30(19(7-10-25)15-26-2)23(31)16-29-11-8-18(9-12-29)28-21-6-4-5-17-14-27-22(24)13-20(17)21/h4-6,13-15,18-19,28H,3,7-12,16H2,1-2H3/t19-/m0/s1. The lowest BCUT2D eigenvalue weighted by molar-refractivity contribution is -0.133. The summed E-state index contributed by atoms with van der Waals surface area (Å²) in [6.45, 7) is 4.04. The number of fused-ring (bicyclic) bond motifs is 1. The lowest BCUT2D eigenvalue weighted by atomic mass is 10.0. The minimum absolute atomic E-state index is 0.0310. The van der Waals surface area contributed by atoms with Crippen LogP contribution in [0.15, 0.2) is 35.5 Å². The van der Waals surface area contributed by atoms with Crippen LogP contribution in [0.2, 0.25) is 5.15 Å². The van der Waals surface area contributed by atoms with Crippen LogP contribution >= 0.6 is 11.6 Å². The molecule has 1 amide bonds. The van der Waals surface area contributed by atoms with Gasteiger partial charge >= 0.3 is 0 Å². The molecule has 168 valence electrons. The molecular formula is C23H31ClFN5O. The minimum atomic E-state index is -0.465. The Bertz CT molecular complexity index is 901. The zero-order valence-electron chi connectivity index (χ0n) is 18.2. The number of likely N-dealkylation sites (tertiary alicyclic amines) is 1. The SMILES string of the molecule is CCN(C(=O)CN1CCC(Nc2cccc3cnc(Cl)cc23)CC1)[C@H](C=NC)CCF. The number of alkyl halides is 1. The molecule has 1 aromatic carbocycles. The van der Waals surface area contributed by atoms with Gasteiger partial charge in [-0.25, -0.2) is 4.98 Å². The predicted molar refractivity (Wildman–Crippen MR) is 126 cm³/mol. The molecule has 2 aromatic rings. The van der Waals surface area contributed by atoms with Gasteiger partial charge in [0.15, 0.2) is 0 Å². The van der Waals surface area contributed by atoms with Gasteiger partial charge in [-0.05, 0) is 31.9 Å². The summed E-state index contributed by atoms with van der Waals surface area (Å²) in [5.41, 5.74) is 1.06. The lowest BCUT2D eigenvalue weighted by Crippen LogP contribution is -2.49. The second-order valence-corrected chi connectivity index (χ2v) is 8.25. The second-order valence-electron chi connectivity index (χ2n) is 7.86. The van der Waals surface area contributed by atoms with Crippen molar-refractivity contribution < 1.29 is 9.18 Å². The van der Waals surface area contributed by atoms with Crippen molar-refractivity contribution in [3.63, 3.8) is 0 Å². The average Bonchev–Trinajstić information content (AvgIpc) is 2.76. The third-order valence-corrected chi connectivity index (χ3v) is 6.03. The van der Waals surface area contributed by atoms with Crippen molar-refractivity contribution in [1.29, 1.82) is 0 Å². The van der Waals surface area contributed by atoms with E-state index in [1.165, 1.54) is 0 Å². The van der Waals surface area contributed by atoms with Crippen molar-refractivity contribution in [2.75, 3.05) is 45.2 Å². The van der Waals surface area contributed by atoms with Crippen molar-refractivity contribution in [3.05, 3.63) is 35.6 Å². The number of carbonyl (C=O) groups excluding carboxylic acids is 1. The third kappa shape index (κ3) is 6.14. The molecule has 1 fully saturated rings. The number of benzene rings is 1. The number of aromatic nitrogens is 1. The summed E-state index contributed by atoms with van der Waals surface area (Å²) in [6.07, 6.45) is 5.63. The molecule has 0 aliphatic carbocycles. The molecule has 6 nitrogen and oxygen atoms in total. The number of hydrogen-bond donors (Lipinski definition) is 1. The van der Waals surface area contributed by atoms with Crippen LogP contribution < -0.4 is 5.32 Å². The van der Waals surface area contributed by atoms with Gasteiger partial charge in [-0.1, -0.05) is 23.7 Å². The van der Waals surface area contributed by atoms with E-state index in [0.29, 0.717) is 24.3 Å². The van der Waals surface area contributed by atoms with Gasteiger partial charge in [0.1, 0.15) is 5.15 Å². The Morgan fingerprint density at radius 2 is 2.23 bits per heavy atom. The first kappa shape index (κ1) is 23.4. The summed E-state index contributed by atoms with van der Waals surface area (Å²) in [5, 5.41) is 6.24. The summed E-state index contributed by atoms with van der Waals surface area (Å²) in [7, 11) is 1.65. The van der Waals surface area contributed by atoms with Crippen LogP contribution in [0, 0.1) is 0 Å². The third-order valence-electron chi connectivity index (χ3n) is 5.82. The van der Waals surface area contributed by atoms with Crippen LogP contribution in [0.3, 0.4) is 0 Å². The van der Waals surface area contributed by atoms with E-state index in [2.05, 4.69) is 26.3 Å². The van der Waals surface area contributed by atoms with E-state index in [-0.39, 0.29) is 18.4 Å². The summed E-state index contributed by atoms with van der Waals surface area (Å²) in [6, 6.07) is 8.04. The zero-order chi connectivity index (χ0) is 22.2. The Balaban J connectivity index is 1.56. The molecule has 1 N–H and O–H groups in total. The number of likely N-dealkylation sites (N-methyl/N-ethyl adjacent to an activating group) is 1. The summed E-state index contributed by atoms with van der Waals surface area (Å²) in [4.78, 5) is 24.9. The highest BCUT2D eigenvalue weighted by Gasteiger charge is 2.25. The molecule has 2 heterocycles. The number of rotatable bonds is 9. The van der Waals surface area contributed by atoms with Gasteiger partial charge in [-0.3, -0.25) is 19.1 Å². The maximum absolute atomic E-state index is 12.9. The number of piperidine rings is 1. The molecule has 0 spiro atoms. The van der Waals surface area contributed by atoms with E-state index in [0.717, 1.165) is 42.4 Å². The van der Waals surface area contributed by atoms with Crippen LogP contribution in [-0.4, -0.2) is 78.9 Å². The van der Waals surface area contributed by atoms with Crippen LogP contribution in [0.25, 0.3) is 10.8 Å². The van der Waals surface area contributed by atoms with E-state index >= 15 is 0 Å². The van der Waals surface area contributed by atoms with Crippen LogP contribution in [-0.2, 0) is 4.79 Å². The fourth-order valence-electron chi connectivity index (χ4n) is 4.20. The monoisotopic (exact) mass is 447 g/mol. The number of hydrogen-bond acceptors (Lipinski definition) is 5. The van der Waals surface area contributed by atoms with Crippen molar-refractivity contribution in [2.45, 2.75) is 38.3 Å². The van der Waals surface area contributed by atoms with E-state index in [1.807, 2.05) is 25.1 Å². The normalized spacial score (nSPS) is 16.6. The molecule has 0 saturated carbocycles. The fraction of sp³-hybridized carbons (Fsp3) is 0.522. The van der Waals surface area contributed by atoms with E-state index in [1.54, 1.807) is 24.4 Å². The van der Waals surface area contributed by atoms with Gasteiger partial charge in [0.05, 0.1) is 19.3 Å². The molecule has 0 bridgehead atoms. The Morgan fingerprint density at radius 1 is 1.45 bits per heavy atom. The van der Waals surface area contributed by atoms with Gasteiger partial charge in [0.2, 0.25) is 5.91 Å². The quantitative estimate of drug-likeness (QED) is 0.465. The van der Waals surface area contributed by atoms with E-state index in [4.69, 9.17) is 11.6 Å². The highest BCUT2D eigenvalue weighted by atomic mass is 35.5. The Kier molecular flexibility index (Phi) is 8.60. The highest BCUT2D eigenvalue weighted by Crippen LogP contribution is 2.27. The van der Waals surface area contributed by atoms with Gasteiger partial charge in [0.25, 0.3) is 0 Å². The number of aliphatic imine (C=N–C) groups is 1. The number of anilines is 1. The molecule has 1 saturated heterocycles. The van der Waals surface area contributed by atoms with Crippen LogP contribution in [0.1, 0.15) is 26.2 Å². The van der Waals surface area contributed by atoms with E-state index in [9.17, 15) is 9.18 Å². The first-order valence-corrected chi connectivity index (χ1v) is 11.2. The van der Waals surface area contributed by atoms with Gasteiger partial charge < -0.3 is 10.2 Å². The molecule has 3 rings (SSSR count). The summed E-state index contributed by atoms with van der Waals surface area (Å²) in [5.74, 6) is 0.0310. The van der Waals surface area contributed by atoms with Gasteiger partial charge in [-0.2, -0.15) is 0 Å². The van der Waals surface area contributed by atoms with Gasteiger partial charge in [-0.15, -0.1) is 0 Å². The zero-order valence-corrected chi connectivity index (χ0v) is 19.0. The van der Waals surface area contributed by atoms with Crippen LogP contribution in [0.4, 0.5) is 10.1 Å².